The van der Waals surface area contributed by atoms with Crippen LogP contribution in [0.15, 0.2) is 29.2 Å². The van der Waals surface area contributed by atoms with Crippen LogP contribution in [0.1, 0.15) is 12.0 Å². The molecule has 1 aromatic carbocycles. The van der Waals surface area contributed by atoms with Crippen LogP contribution in [0.2, 0.25) is 0 Å². The molecular formula is C13H19N3O2S. The first kappa shape index (κ1) is 15.5. The van der Waals surface area contributed by atoms with Gasteiger partial charge in [-0.15, -0.1) is 11.8 Å². The van der Waals surface area contributed by atoms with E-state index in [9.17, 15) is 9.59 Å². The molecule has 0 aromatic heterocycles. The molecule has 0 aliphatic carbocycles. The summed E-state index contributed by atoms with van der Waals surface area (Å²) < 4.78 is 0. The van der Waals surface area contributed by atoms with Gasteiger partial charge in [-0.25, -0.2) is 0 Å². The molecule has 0 radical (unpaired) electrons. The third-order valence-electron chi connectivity index (χ3n) is 2.69. The third-order valence-corrected chi connectivity index (χ3v) is 3.44. The van der Waals surface area contributed by atoms with Crippen molar-refractivity contribution >= 4 is 23.6 Å². The Morgan fingerprint density at radius 2 is 1.89 bits per heavy atom. The van der Waals surface area contributed by atoms with Crippen LogP contribution in [0, 0.1) is 0 Å². The highest BCUT2D eigenvalue weighted by atomic mass is 32.2. The molecule has 0 fully saturated rings. The van der Waals surface area contributed by atoms with Gasteiger partial charge in [0.05, 0.1) is 12.5 Å². The fourth-order valence-electron chi connectivity index (χ4n) is 1.67. The van der Waals surface area contributed by atoms with Gasteiger partial charge in [0.15, 0.2) is 0 Å². The Balaban J connectivity index is 2.60. The maximum atomic E-state index is 11.9. The Morgan fingerprint density at radius 1 is 1.32 bits per heavy atom. The Labute approximate surface area is 117 Å². The number of likely N-dealkylation sites (N-methyl/N-ethyl adjacent to an activating group) is 1. The molecule has 6 heteroatoms. The fraction of sp³-hybridized carbons (Fsp3) is 0.385. The Morgan fingerprint density at radius 3 is 2.37 bits per heavy atom. The van der Waals surface area contributed by atoms with E-state index < -0.39 is 11.9 Å². The van der Waals surface area contributed by atoms with Crippen LogP contribution in [-0.4, -0.2) is 36.1 Å². The minimum atomic E-state index is -0.868. The highest BCUT2D eigenvalue weighted by Gasteiger charge is 2.19. The zero-order valence-electron chi connectivity index (χ0n) is 11.1. The molecule has 5 nitrogen and oxygen atoms in total. The second-order valence-corrected chi connectivity index (χ2v) is 5.20. The van der Waals surface area contributed by atoms with Gasteiger partial charge in [0.25, 0.3) is 0 Å². The number of nitrogens with zero attached hydrogens (tertiary/aromatic N) is 1. The van der Waals surface area contributed by atoms with Crippen molar-refractivity contribution in [3.8, 4) is 0 Å². The summed E-state index contributed by atoms with van der Waals surface area (Å²) in [6.45, 7) is 0.458. The normalized spacial score (nSPS) is 11.9. The van der Waals surface area contributed by atoms with Crippen molar-refractivity contribution in [2.45, 2.75) is 23.9 Å². The van der Waals surface area contributed by atoms with E-state index in [0.717, 1.165) is 5.56 Å². The summed E-state index contributed by atoms with van der Waals surface area (Å²) in [6.07, 6.45) is 1.88. The molecule has 0 bridgehead atoms. The summed E-state index contributed by atoms with van der Waals surface area (Å²) in [5, 5.41) is 0. The van der Waals surface area contributed by atoms with E-state index in [2.05, 4.69) is 0 Å². The van der Waals surface area contributed by atoms with E-state index in [4.69, 9.17) is 11.5 Å². The maximum Gasteiger partial charge on any atom is 0.240 e. The molecule has 0 saturated heterocycles. The summed E-state index contributed by atoms with van der Waals surface area (Å²) in [6, 6.07) is 7.07. The predicted molar refractivity (Wildman–Crippen MR) is 76.5 cm³/mol. The van der Waals surface area contributed by atoms with E-state index in [-0.39, 0.29) is 12.3 Å². The van der Waals surface area contributed by atoms with E-state index >= 15 is 0 Å². The summed E-state index contributed by atoms with van der Waals surface area (Å²) >= 11 is 1.66. The van der Waals surface area contributed by atoms with Gasteiger partial charge in [0.2, 0.25) is 11.8 Å². The van der Waals surface area contributed by atoms with E-state index in [1.165, 1.54) is 9.80 Å². The van der Waals surface area contributed by atoms with Gasteiger partial charge in [0.1, 0.15) is 0 Å². The quantitative estimate of drug-likeness (QED) is 0.746. The molecule has 1 aromatic rings. The number of thioether (sulfide) groups is 1. The first-order valence-electron chi connectivity index (χ1n) is 5.86. The molecule has 19 heavy (non-hydrogen) atoms. The number of amides is 2. The molecule has 0 saturated carbocycles. The number of carbonyl (C=O) groups excluding carboxylic acids is 2. The van der Waals surface area contributed by atoms with Crippen molar-refractivity contribution in [1.29, 1.82) is 0 Å². The molecule has 1 rings (SSSR count). The Hall–Kier alpha value is -1.53. The summed E-state index contributed by atoms with van der Waals surface area (Å²) in [5.74, 6) is -0.855. The van der Waals surface area contributed by atoms with Crippen LogP contribution in [0.25, 0.3) is 0 Å². The van der Waals surface area contributed by atoms with Crippen LogP contribution in [0.4, 0.5) is 0 Å². The lowest BCUT2D eigenvalue weighted by Gasteiger charge is -2.20. The summed E-state index contributed by atoms with van der Waals surface area (Å²) in [4.78, 5) is 25.3. The fourth-order valence-corrected chi connectivity index (χ4v) is 2.08. The van der Waals surface area contributed by atoms with Gasteiger partial charge < -0.3 is 16.4 Å². The van der Waals surface area contributed by atoms with Crippen molar-refractivity contribution in [2.24, 2.45) is 11.5 Å². The topological polar surface area (TPSA) is 89.4 Å². The Kier molecular flexibility index (Phi) is 5.85. The molecule has 0 spiro atoms. The third kappa shape index (κ3) is 4.92. The first-order valence-corrected chi connectivity index (χ1v) is 7.08. The molecule has 104 valence electrons. The lowest BCUT2D eigenvalue weighted by Crippen LogP contribution is -2.43. The lowest BCUT2D eigenvalue weighted by molar-refractivity contribution is -0.133. The summed E-state index contributed by atoms with van der Waals surface area (Å²) in [7, 11) is 1.66. The minimum absolute atomic E-state index is 0.130. The van der Waals surface area contributed by atoms with E-state index in [0.29, 0.717) is 6.54 Å². The lowest BCUT2D eigenvalue weighted by atomic mass is 10.1. The molecule has 1 atom stereocenters. The largest absolute Gasteiger partial charge is 0.370 e. The monoisotopic (exact) mass is 281 g/mol. The first-order chi connectivity index (χ1) is 8.93. The number of benzene rings is 1. The van der Waals surface area contributed by atoms with Crippen molar-refractivity contribution in [3.05, 3.63) is 29.8 Å². The van der Waals surface area contributed by atoms with Crippen molar-refractivity contribution in [2.75, 3.05) is 13.3 Å². The average Bonchev–Trinajstić information content (AvgIpc) is 2.37. The minimum Gasteiger partial charge on any atom is -0.370 e. The zero-order valence-corrected chi connectivity index (χ0v) is 11.9. The number of rotatable bonds is 6. The van der Waals surface area contributed by atoms with Gasteiger partial charge in [-0.3, -0.25) is 9.59 Å². The van der Waals surface area contributed by atoms with Gasteiger partial charge in [0, 0.05) is 18.5 Å². The molecular weight excluding hydrogens is 262 g/mol. The molecule has 0 aliphatic rings. The second kappa shape index (κ2) is 7.16. The molecule has 4 N–H and O–H groups in total. The standard InChI is InChI=1S/C13H19N3O2S/c1-16(13(18)11(14)7-12(15)17)8-9-3-5-10(19-2)6-4-9/h3-6,11H,7-8,14H2,1-2H3,(H2,15,17). The average molecular weight is 281 g/mol. The molecule has 0 heterocycles. The second-order valence-electron chi connectivity index (χ2n) is 4.32. The number of primary amides is 1. The van der Waals surface area contributed by atoms with Crippen LogP contribution in [0.3, 0.4) is 0 Å². The van der Waals surface area contributed by atoms with Crippen molar-refractivity contribution in [1.82, 2.24) is 4.90 Å². The van der Waals surface area contributed by atoms with Gasteiger partial charge in [-0.2, -0.15) is 0 Å². The zero-order chi connectivity index (χ0) is 14.4. The smallest absolute Gasteiger partial charge is 0.240 e. The predicted octanol–water partition coefficient (Wildman–Crippen LogP) is 0.570. The molecule has 1 unspecified atom stereocenters. The van der Waals surface area contributed by atoms with Crippen LogP contribution >= 0.6 is 11.8 Å². The van der Waals surface area contributed by atoms with Gasteiger partial charge in [-0.1, -0.05) is 12.1 Å². The SMILES string of the molecule is CSc1ccc(CN(C)C(=O)C(N)CC(N)=O)cc1. The van der Waals surface area contributed by atoms with E-state index in [1.54, 1.807) is 18.8 Å². The summed E-state index contributed by atoms with van der Waals surface area (Å²) in [5.41, 5.74) is 11.7. The maximum absolute atomic E-state index is 11.9. The van der Waals surface area contributed by atoms with Crippen molar-refractivity contribution < 1.29 is 9.59 Å². The van der Waals surface area contributed by atoms with Crippen molar-refractivity contribution in [3.63, 3.8) is 0 Å². The van der Waals surface area contributed by atoms with Crippen LogP contribution < -0.4 is 11.5 Å². The molecule has 0 aliphatic heterocycles. The number of hydrogen-bond donors (Lipinski definition) is 2. The number of carbonyl (C=O) groups is 2. The van der Waals surface area contributed by atoms with Gasteiger partial charge >= 0.3 is 0 Å². The van der Waals surface area contributed by atoms with E-state index in [1.807, 2.05) is 30.5 Å². The number of hydrogen-bond acceptors (Lipinski definition) is 4. The van der Waals surface area contributed by atoms with Gasteiger partial charge in [-0.05, 0) is 24.0 Å². The van der Waals surface area contributed by atoms with Crippen LogP contribution in [-0.2, 0) is 16.1 Å². The Bertz CT molecular complexity index is 448. The number of nitrogens with two attached hydrogens (primary N) is 2. The highest BCUT2D eigenvalue weighted by Crippen LogP contribution is 2.15. The highest BCUT2D eigenvalue weighted by molar-refractivity contribution is 7.98. The van der Waals surface area contributed by atoms with Crippen LogP contribution in [0.5, 0.6) is 0 Å². The molecule has 2 amide bonds.